The second-order valence-corrected chi connectivity index (χ2v) is 7.21. The molecule has 6 nitrogen and oxygen atoms in total. The quantitative estimate of drug-likeness (QED) is 0.531. The topological polar surface area (TPSA) is 68.8 Å². The minimum atomic E-state index is -0.0465. The lowest BCUT2D eigenvalue weighted by molar-refractivity contribution is 0.0963. The van der Waals surface area contributed by atoms with E-state index in [4.69, 9.17) is 0 Å². The predicted octanol–water partition coefficient (Wildman–Crippen LogP) is 1.38. The van der Waals surface area contributed by atoms with Crippen molar-refractivity contribution in [3.8, 4) is 0 Å². The summed E-state index contributed by atoms with van der Waals surface area (Å²) in [5, 5.41) is 9.62. The number of rotatable bonds is 6. The molecule has 142 valence electrons. The van der Waals surface area contributed by atoms with Crippen molar-refractivity contribution in [3.63, 3.8) is 0 Å². The van der Waals surface area contributed by atoms with Crippen LogP contribution in [0.3, 0.4) is 0 Å². The fourth-order valence-corrected chi connectivity index (χ4v) is 3.57. The molecular weight excluding hydrogens is 326 g/mol. The zero-order valence-electron chi connectivity index (χ0n) is 15.9. The maximum absolute atomic E-state index is 11.7. The van der Waals surface area contributed by atoms with Crippen LogP contribution in [-0.4, -0.2) is 62.6 Å². The van der Waals surface area contributed by atoms with Gasteiger partial charge in [0.05, 0.1) is 0 Å². The Hall–Kier alpha value is -2.08. The van der Waals surface area contributed by atoms with E-state index in [2.05, 4.69) is 31.9 Å². The number of carbonyl (C=O) groups excluding carboxylic acids is 1. The molecule has 1 aliphatic carbocycles. The van der Waals surface area contributed by atoms with Gasteiger partial charge in [0.25, 0.3) is 5.91 Å². The SMILES string of the molecule is CN=C(NCCc1cccc(C(=O)NC)c1)NC1CCN(C2CC2)CC1. The van der Waals surface area contributed by atoms with Crippen LogP contribution in [0.4, 0.5) is 0 Å². The zero-order chi connectivity index (χ0) is 18.4. The Morgan fingerprint density at radius 3 is 2.65 bits per heavy atom. The van der Waals surface area contributed by atoms with Crippen molar-refractivity contribution >= 4 is 11.9 Å². The van der Waals surface area contributed by atoms with Crippen LogP contribution >= 0.6 is 0 Å². The van der Waals surface area contributed by atoms with Gasteiger partial charge in [0.1, 0.15) is 0 Å². The monoisotopic (exact) mass is 357 g/mol. The number of likely N-dealkylation sites (tertiary alicyclic amines) is 1. The molecule has 2 fully saturated rings. The zero-order valence-corrected chi connectivity index (χ0v) is 15.9. The molecule has 1 aromatic rings. The number of benzene rings is 1. The first-order chi connectivity index (χ1) is 12.7. The van der Waals surface area contributed by atoms with E-state index >= 15 is 0 Å². The van der Waals surface area contributed by atoms with Gasteiger partial charge >= 0.3 is 0 Å². The summed E-state index contributed by atoms with van der Waals surface area (Å²) in [7, 11) is 3.47. The first-order valence-corrected chi connectivity index (χ1v) is 9.72. The van der Waals surface area contributed by atoms with Gasteiger partial charge in [-0.2, -0.15) is 0 Å². The molecule has 0 radical (unpaired) electrons. The van der Waals surface area contributed by atoms with Crippen LogP contribution in [-0.2, 0) is 6.42 Å². The number of carbonyl (C=O) groups is 1. The molecule has 3 N–H and O–H groups in total. The van der Waals surface area contributed by atoms with Crippen LogP contribution in [0, 0.1) is 0 Å². The van der Waals surface area contributed by atoms with E-state index in [9.17, 15) is 4.79 Å². The largest absolute Gasteiger partial charge is 0.356 e. The summed E-state index contributed by atoms with van der Waals surface area (Å²) in [4.78, 5) is 18.7. The average Bonchev–Trinajstić information content (AvgIpc) is 3.52. The van der Waals surface area contributed by atoms with Gasteiger partial charge in [0.2, 0.25) is 0 Å². The normalized spacial score (nSPS) is 19.2. The van der Waals surface area contributed by atoms with E-state index < -0.39 is 0 Å². The first-order valence-electron chi connectivity index (χ1n) is 9.72. The van der Waals surface area contributed by atoms with Gasteiger partial charge in [-0.3, -0.25) is 9.79 Å². The second-order valence-electron chi connectivity index (χ2n) is 7.21. The van der Waals surface area contributed by atoms with Crippen molar-refractivity contribution in [2.24, 2.45) is 4.99 Å². The van der Waals surface area contributed by atoms with Crippen LogP contribution in [0.15, 0.2) is 29.3 Å². The third-order valence-electron chi connectivity index (χ3n) is 5.28. The van der Waals surface area contributed by atoms with Crippen LogP contribution < -0.4 is 16.0 Å². The Morgan fingerprint density at radius 2 is 2.00 bits per heavy atom. The molecule has 1 heterocycles. The van der Waals surface area contributed by atoms with Crippen molar-refractivity contribution in [2.45, 2.75) is 44.2 Å². The van der Waals surface area contributed by atoms with E-state index in [1.807, 2.05) is 25.2 Å². The third-order valence-corrected chi connectivity index (χ3v) is 5.28. The summed E-state index contributed by atoms with van der Waals surface area (Å²) >= 11 is 0. The van der Waals surface area contributed by atoms with Gasteiger partial charge in [-0.15, -0.1) is 0 Å². The Labute approximate surface area is 156 Å². The van der Waals surface area contributed by atoms with E-state index in [0.717, 1.165) is 30.5 Å². The van der Waals surface area contributed by atoms with E-state index in [1.165, 1.54) is 38.8 Å². The lowest BCUT2D eigenvalue weighted by Gasteiger charge is -2.33. The maximum atomic E-state index is 11.7. The standard InChI is InChI=1S/C20H31N5O/c1-21-19(26)16-5-3-4-15(14-16)8-11-23-20(22-2)24-17-9-12-25(13-10-17)18-6-7-18/h3-5,14,17-18H,6-13H2,1-2H3,(H,21,26)(H2,22,23,24). The van der Waals surface area contributed by atoms with Gasteiger partial charge < -0.3 is 20.9 Å². The molecule has 0 bridgehead atoms. The van der Waals surface area contributed by atoms with E-state index in [-0.39, 0.29) is 5.91 Å². The Bertz CT molecular complexity index is 633. The summed E-state index contributed by atoms with van der Waals surface area (Å²) < 4.78 is 0. The average molecular weight is 358 g/mol. The predicted molar refractivity (Wildman–Crippen MR) is 106 cm³/mol. The summed E-state index contributed by atoms with van der Waals surface area (Å²) in [6.07, 6.45) is 6.01. The highest BCUT2D eigenvalue weighted by Crippen LogP contribution is 2.29. The minimum absolute atomic E-state index is 0.0465. The van der Waals surface area contributed by atoms with Crippen LogP contribution in [0.5, 0.6) is 0 Å². The number of nitrogens with one attached hydrogen (secondary N) is 3. The lowest BCUT2D eigenvalue weighted by Crippen LogP contribution is -2.49. The maximum Gasteiger partial charge on any atom is 0.251 e. The summed E-state index contributed by atoms with van der Waals surface area (Å²) in [6.45, 7) is 3.19. The van der Waals surface area contributed by atoms with Crippen molar-refractivity contribution in [1.29, 1.82) is 0 Å². The van der Waals surface area contributed by atoms with Crippen molar-refractivity contribution in [1.82, 2.24) is 20.9 Å². The number of amides is 1. The van der Waals surface area contributed by atoms with Crippen LogP contribution in [0.2, 0.25) is 0 Å². The first kappa shape index (κ1) is 18.7. The highest BCUT2D eigenvalue weighted by molar-refractivity contribution is 5.94. The molecule has 6 heteroatoms. The number of piperidine rings is 1. The van der Waals surface area contributed by atoms with E-state index in [0.29, 0.717) is 11.6 Å². The molecule has 3 rings (SSSR count). The fourth-order valence-electron chi connectivity index (χ4n) is 3.57. The summed E-state index contributed by atoms with van der Waals surface area (Å²) in [5.74, 6) is 0.826. The number of hydrogen-bond acceptors (Lipinski definition) is 3. The Morgan fingerprint density at radius 1 is 1.23 bits per heavy atom. The van der Waals surface area contributed by atoms with Crippen LogP contribution in [0.25, 0.3) is 0 Å². The van der Waals surface area contributed by atoms with E-state index in [1.54, 1.807) is 7.05 Å². The molecule has 1 amide bonds. The number of guanidine groups is 1. The van der Waals surface area contributed by atoms with Gasteiger partial charge in [0, 0.05) is 51.4 Å². The molecule has 0 aromatic heterocycles. The smallest absolute Gasteiger partial charge is 0.251 e. The third kappa shape index (κ3) is 5.21. The molecule has 0 atom stereocenters. The molecule has 0 unspecified atom stereocenters. The molecule has 2 aliphatic rings. The Kier molecular flexibility index (Phi) is 6.50. The molecule has 1 saturated carbocycles. The minimum Gasteiger partial charge on any atom is -0.356 e. The molecule has 0 spiro atoms. The number of nitrogens with zero attached hydrogens (tertiary/aromatic N) is 2. The molecule has 1 saturated heterocycles. The highest BCUT2D eigenvalue weighted by atomic mass is 16.1. The van der Waals surface area contributed by atoms with Crippen molar-refractivity contribution in [3.05, 3.63) is 35.4 Å². The van der Waals surface area contributed by atoms with Crippen molar-refractivity contribution in [2.75, 3.05) is 33.7 Å². The molecule has 1 aliphatic heterocycles. The Balaban J connectivity index is 1.41. The van der Waals surface area contributed by atoms with Gasteiger partial charge in [0.15, 0.2) is 5.96 Å². The fraction of sp³-hybridized carbons (Fsp3) is 0.600. The number of aliphatic imine (C=N–C) groups is 1. The van der Waals surface area contributed by atoms with Crippen LogP contribution in [0.1, 0.15) is 41.6 Å². The second kappa shape index (κ2) is 9.03. The molecular formula is C20H31N5O. The van der Waals surface area contributed by atoms with Gasteiger partial charge in [-0.25, -0.2) is 0 Å². The van der Waals surface area contributed by atoms with Crippen molar-refractivity contribution < 1.29 is 4.79 Å². The van der Waals surface area contributed by atoms with Gasteiger partial charge in [-0.1, -0.05) is 12.1 Å². The molecule has 26 heavy (non-hydrogen) atoms. The van der Waals surface area contributed by atoms with Gasteiger partial charge in [-0.05, 0) is 49.8 Å². The summed E-state index contributed by atoms with van der Waals surface area (Å²) in [5.41, 5.74) is 1.85. The highest BCUT2D eigenvalue weighted by Gasteiger charge is 2.31. The number of hydrogen-bond donors (Lipinski definition) is 3. The summed E-state index contributed by atoms with van der Waals surface area (Å²) in [6, 6.07) is 9.15. The lowest BCUT2D eigenvalue weighted by atomic mass is 10.1. The molecule has 1 aromatic carbocycles.